The average Bonchev–Trinajstić information content (AvgIpc) is 2.98. The molecule has 0 spiro atoms. The van der Waals surface area contributed by atoms with Crippen LogP contribution in [-0.2, 0) is 14.4 Å². The van der Waals surface area contributed by atoms with Crippen LogP contribution in [0.1, 0.15) is 57.8 Å². The van der Waals surface area contributed by atoms with Gasteiger partial charge in [0.25, 0.3) is 0 Å². The Morgan fingerprint density at radius 1 is 1.09 bits per heavy atom. The van der Waals surface area contributed by atoms with Crippen LogP contribution in [0.5, 0.6) is 0 Å². The summed E-state index contributed by atoms with van der Waals surface area (Å²) in [5.74, 6) is -0.525. The van der Waals surface area contributed by atoms with Gasteiger partial charge in [-0.3, -0.25) is 14.4 Å². The molecule has 3 fully saturated rings. The summed E-state index contributed by atoms with van der Waals surface area (Å²) in [4.78, 5) is 38.7. The first-order chi connectivity index (χ1) is 10.6. The number of amides is 2. The summed E-state index contributed by atoms with van der Waals surface area (Å²) in [6.07, 6.45) is 8.58. The van der Waals surface area contributed by atoms with Crippen molar-refractivity contribution in [3.8, 4) is 0 Å². The lowest BCUT2D eigenvalue weighted by molar-refractivity contribution is -0.144. The molecule has 0 unspecified atom stereocenters. The van der Waals surface area contributed by atoms with E-state index >= 15 is 0 Å². The molecule has 1 N–H and O–H groups in total. The third kappa shape index (κ3) is 2.83. The molecule has 2 amide bonds. The number of carboxylic acids is 1. The summed E-state index contributed by atoms with van der Waals surface area (Å²) >= 11 is 0. The lowest BCUT2D eigenvalue weighted by Gasteiger charge is -2.25. The number of carboxylic acid groups (broad SMARTS) is 1. The number of hydrogen-bond acceptors (Lipinski definition) is 3. The van der Waals surface area contributed by atoms with Crippen LogP contribution in [0, 0.1) is 5.92 Å². The highest BCUT2D eigenvalue weighted by Gasteiger charge is 2.51. The molecule has 2 saturated heterocycles. The number of nitrogens with zero attached hydrogens (tertiary/aromatic N) is 2. The topological polar surface area (TPSA) is 77.9 Å². The fraction of sp³-hybridized carbons (Fsp3) is 0.812. The van der Waals surface area contributed by atoms with Crippen LogP contribution < -0.4 is 0 Å². The molecule has 1 aliphatic carbocycles. The van der Waals surface area contributed by atoms with Crippen molar-refractivity contribution in [1.82, 2.24) is 9.80 Å². The highest BCUT2D eigenvalue weighted by Crippen LogP contribution is 2.35. The van der Waals surface area contributed by atoms with Gasteiger partial charge in [0.15, 0.2) is 0 Å². The molecule has 6 nitrogen and oxygen atoms in total. The summed E-state index contributed by atoms with van der Waals surface area (Å²) in [6.45, 7) is -0.298. The fourth-order valence-corrected chi connectivity index (χ4v) is 4.29. The number of aliphatic carboxylic acids is 1. The first kappa shape index (κ1) is 15.3. The molecule has 122 valence electrons. The fourth-order valence-electron chi connectivity index (χ4n) is 4.29. The molecule has 0 aromatic carbocycles. The Morgan fingerprint density at radius 2 is 1.82 bits per heavy atom. The van der Waals surface area contributed by atoms with Gasteiger partial charge in [0, 0.05) is 6.42 Å². The van der Waals surface area contributed by atoms with Crippen molar-refractivity contribution < 1.29 is 19.5 Å². The summed E-state index contributed by atoms with van der Waals surface area (Å²) < 4.78 is 0. The molecule has 1 saturated carbocycles. The van der Waals surface area contributed by atoms with Crippen molar-refractivity contribution >= 4 is 17.8 Å². The zero-order valence-corrected chi connectivity index (χ0v) is 12.9. The molecule has 0 aromatic heterocycles. The summed E-state index contributed by atoms with van der Waals surface area (Å²) in [7, 11) is 0. The molecule has 2 heterocycles. The molecule has 3 rings (SSSR count). The lowest BCUT2D eigenvalue weighted by atomic mass is 9.85. The van der Waals surface area contributed by atoms with Crippen LogP contribution in [0.25, 0.3) is 0 Å². The van der Waals surface area contributed by atoms with Gasteiger partial charge in [0.05, 0.1) is 0 Å². The molecule has 0 aromatic rings. The van der Waals surface area contributed by atoms with Crippen LogP contribution >= 0.6 is 0 Å². The predicted octanol–water partition coefficient (Wildman–Crippen LogP) is 1.59. The molecular weight excluding hydrogens is 284 g/mol. The third-order valence-corrected chi connectivity index (χ3v) is 5.37. The monoisotopic (exact) mass is 308 g/mol. The molecule has 2 aliphatic heterocycles. The summed E-state index contributed by atoms with van der Waals surface area (Å²) in [6, 6.07) is -0.429. The van der Waals surface area contributed by atoms with Crippen molar-refractivity contribution in [2.24, 2.45) is 5.92 Å². The number of fused-ring (bicyclic) bond motifs is 1. The van der Waals surface area contributed by atoms with Crippen molar-refractivity contribution in [1.29, 1.82) is 0 Å². The minimum atomic E-state index is -1.01. The molecule has 6 heteroatoms. The highest BCUT2D eigenvalue weighted by atomic mass is 16.4. The second-order valence-corrected chi connectivity index (χ2v) is 6.78. The van der Waals surface area contributed by atoms with Crippen LogP contribution in [0.3, 0.4) is 0 Å². The number of carbonyl (C=O) groups is 3. The van der Waals surface area contributed by atoms with E-state index in [1.165, 1.54) is 37.0 Å². The number of rotatable bonds is 5. The third-order valence-electron chi connectivity index (χ3n) is 5.37. The van der Waals surface area contributed by atoms with Crippen LogP contribution in [-0.4, -0.2) is 51.4 Å². The molecule has 0 radical (unpaired) electrons. The minimum absolute atomic E-state index is 0.000108. The Bertz CT molecular complexity index is 473. The van der Waals surface area contributed by atoms with Gasteiger partial charge < -0.3 is 14.9 Å². The van der Waals surface area contributed by atoms with Crippen molar-refractivity contribution in [2.75, 3.05) is 6.54 Å². The van der Waals surface area contributed by atoms with Crippen LogP contribution in [0.4, 0.5) is 0 Å². The first-order valence-corrected chi connectivity index (χ1v) is 8.41. The van der Waals surface area contributed by atoms with Gasteiger partial charge in [0.1, 0.15) is 18.8 Å². The van der Waals surface area contributed by atoms with Gasteiger partial charge in [-0.15, -0.1) is 0 Å². The van der Waals surface area contributed by atoms with E-state index in [4.69, 9.17) is 5.11 Å². The molecular formula is C16H24N2O4. The van der Waals surface area contributed by atoms with E-state index < -0.39 is 12.0 Å². The quantitative estimate of drug-likeness (QED) is 0.836. The predicted molar refractivity (Wildman–Crippen MR) is 78.8 cm³/mol. The molecule has 3 aliphatic rings. The molecule has 0 bridgehead atoms. The highest BCUT2D eigenvalue weighted by molar-refractivity contribution is 5.94. The van der Waals surface area contributed by atoms with E-state index in [1.54, 1.807) is 4.90 Å². The Labute approximate surface area is 130 Å². The van der Waals surface area contributed by atoms with E-state index in [2.05, 4.69) is 0 Å². The van der Waals surface area contributed by atoms with E-state index in [1.807, 2.05) is 0 Å². The van der Waals surface area contributed by atoms with Gasteiger partial charge in [-0.2, -0.15) is 0 Å². The smallest absolute Gasteiger partial charge is 0.323 e. The van der Waals surface area contributed by atoms with Crippen molar-refractivity contribution in [2.45, 2.75) is 70.0 Å². The van der Waals surface area contributed by atoms with Gasteiger partial charge in [0.2, 0.25) is 11.8 Å². The minimum Gasteiger partial charge on any atom is -0.480 e. The molecule has 22 heavy (non-hydrogen) atoms. The van der Waals surface area contributed by atoms with E-state index in [0.717, 1.165) is 6.42 Å². The maximum Gasteiger partial charge on any atom is 0.323 e. The Kier molecular flexibility index (Phi) is 4.36. The van der Waals surface area contributed by atoms with Gasteiger partial charge >= 0.3 is 5.97 Å². The van der Waals surface area contributed by atoms with Gasteiger partial charge in [-0.25, -0.2) is 0 Å². The largest absolute Gasteiger partial charge is 0.480 e. The average molecular weight is 308 g/mol. The van der Waals surface area contributed by atoms with E-state index in [9.17, 15) is 14.4 Å². The number of carbonyl (C=O) groups excluding carboxylic acids is 2. The van der Waals surface area contributed by atoms with Crippen molar-refractivity contribution in [3.05, 3.63) is 0 Å². The second kappa shape index (κ2) is 6.26. The summed E-state index contributed by atoms with van der Waals surface area (Å²) in [5, 5.41) is 9.00. The second-order valence-electron chi connectivity index (χ2n) is 6.78. The van der Waals surface area contributed by atoms with Crippen LogP contribution in [0.2, 0.25) is 0 Å². The standard InChI is InChI=1S/C16H24N2O4/c19-14-9-8-13-17(10-15(20)21)16(22)12(18(13)14)7-6-11-4-2-1-3-5-11/h11-13H,1-10H2,(H,20,21)/t12-,13-/m0/s1. The SMILES string of the molecule is O=C(O)CN1C(=O)[C@H](CCC2CCCCC2)N2C(=O)CC[C@@H]12. The maximum absolute atomic E-state index is 12.5. The van der Waals surface area contributed by atoms with Crippen molar-refractivity contribution in [3.63, 3.8) is 0 Å². The first-order valence-electron chi connectivity index (χ1n) is 8.41. The Hall–Kier alpha value is -1.59. The van der Waals surface area contributed by atoms with Gasteiger partial charge in [-0.05, 0) is 25.2 Å². The normalized spacial score (nSPS) is 29.3. The number of hydrogen-bond donors (Lipinski definition) is 1. The maximum atomic E-state index is 12.5. The zero-order chi connectivity index (χ0) is 15.7. The summed E-state index contributed by atoms with van der Waals surface area (Å²) in [5.41, 5.74) is 0. The molecule has 2 atom stereocenters. The van der Waals surface area contributed by atoms with E-state index in [-0.39, 0.29) is 24.5 Å². The van der Waals surface area contributed by atoms with Gasteiger partial charge in [-0.1, -0.05) is 32.1 Å². The Balaban J connectivity index is 1.67. The lowest BCUT2D eigenvalue weighted by Crippen LogP contribution is -2.39. The van der Waals surface area contributed by atoms with Crippen LogP contribution in [0.15, 0.2) is 0 Å². The van der Waals surface area contributed by atoms with E-state index in [0.29, 0.717) is 25.2 Å². The Morgan fingerprint density at radius 3 is 2.50 bits per heavy atom. The zero-order valence-electron chi connectivity index (χ0n) is 12.9.